The Kier molecular flexibility index (Phi) is 23.3. The summed E-state index contributed by atoms with van der Waals surface area (Å²) in [7, 11) is 0. The number of rotatable bonds is 20. The van der Waals surface area contributed by atoms with Gasteiger partial charge in [-0.3, -0.25) is 19.2 Å². The molecule has 4 aliphatic heterocycles. The maximum Gasteiger partial charge on any atom is 0.379 e. The fourth-order valence-corrected chi connectivity index (χ4v) is 12.7. The monoisotopic (exact) mass is 1460 g/mol. The Morgan fingerprint density at radius 3 is 1.89 bits per heavy atom. The highest BCUT2D eigenvalue weighted by Crippen LogP contribution is 2.46. The van der Waals surface area contributed by atoms with Crippen LogP contribution >= 0.6 is 0 Å². The number of phenols is 4. The number of aromatic nitrogens is 3. The fraction of sp³-hybridized carbons (Fsp3) is 0.356. The number of para-hydroxylation sites is 1. The van der Waals surface area contributed by atoms with E-state index in [1.165, 1.54) is 16.9 Å². The van der Waals surface area contributed by atoms with E-state index in [1.807, 2.05) is 29.2 Å². The van der Waals surface area contributed by atoms with Crippen molar-refractivity contribution in [3.05, 3.63) is 170 Å². The zero-order valence-corrected chi connectivity index (χ0v) is 57.8. The molecule has 106 heavy (non-hydrogen) atoms. The summed E-state index contributed by atoms with van der Waals surface area (Å²) >= 11 is 0. The van der Waals surface area contributed by atoms with Crippen LogP contribution in [0.4, 0.5) is 11.4 Å². The molecule has 5 aliphatic rings. The number of nitrogens with zero attached hydrogens (tertiary/aromatic N) is 8. The van der Waals surface area contributed by atoms with Gasteiger partial charge in [-0.25, -0.2) is 14.3 Å². The molecule has 33 heteroatoms. The third-order valence-corrected chi connectivity index (χ3v) is 18.6. The van der Waals surface area contributed by atoms with Gasteiger partial charge in [-0.2, -0.15) is 9.98 Å². The summed E-state index contributed by atoms with van der Waals surface area (Å²) in [6.45, 7) is 8.74. The van der Waals surface area contributed by atoms with E-state index in [4.69, 9.17) is 28.4 Å². The van der Waals surface area contributed by atoms with Crippen LogP contribution in [0.3, 0.4) is 0 Å². The summed E-state index contributed by atoms with van der Waals surface area (Å²) in [5.41, 5.74) is 2.69. The van der Waals surface area contributed by atoms with Crippen molar-refractivity contribution in [2.45, 2.75) is 89.5 Å². The number of carbonyl (C=O) groups is 7. The van der Waals surface area contributed by atoms with E-state index in [0.29, 0.717) is 29.8 Å². The van der Waals surface area contributed by atoms with Crippen LogP contribution in [0.15, 0.2) is 121 Å². The third kappa shape index (κ3) is 16.1. The zero-order valence-electron chi connectivity index (χ0n) is 57.8. The summed E-state index contributed by atoms with van der Waals surface area (Å²) in [6.07, 6.45) is -4.50. The number of esters is 3. The molecule has 0 unspecified atom stereocenters. The molecule has 12 N–H and O–H groups in total. The molecule has 5 aromatic carbocycles. The van der Waals surface area contributed by atoms with Gasteiger partial charge in [-0.15, -0.1) is 5.10 Å². The first kappa shape index (κ1) is 75.3. The van der Waals surface area contributed by atoms with Crippen LogP contribution in [0, 0.1) is 0 Å². The molecule has 0 spiro atoms. The quantitative estimate of drug-likeness (QED) is 0.00580. The second kappa shape index (κ2) is 32.8. The number of carbonyl (C=O) groups excluding carboxylic acids is 7. The molecule has 2 amide bonds. The van der Waals surface area contributed by atoms with Crippen molar-refractivity contribution in [3.63, 3.8) is 0 Å². The highest BCUT2D eigenvalue weighted by atomic mass is 16.6. The topological polar surface area (TPSA) is 463 Å². The molecule has 0 radical (unpaired) electrons. The van der Waals surface area contributed by atoms with Crippen LogP contribution in [0.2, 0.25) is 0 Å². The molecule has 8 atom stereocenters. The number of hydrogen-bond donors (Lipinski definition) is 12. The second-order valence-electron chi connectivity index (χ2n) is 25.0. The molecule has 1 aliphatic carbocycles. The number of cyclic esters (lactones) is 3. The van der Waals surface area contributed by atoms with Gasteiger partial charge in [0.15, 0.2) is 42.1 Å². The summed E-state index contributed by atoms with van der Waals surface area (Å²) < 4.78 is 35.5. The number of piperazine rings is 1. The Labute approximate surface area is 604 Å². The SMILES string of the molecule is CCN(CC)c1ccc2c(c1)Oc1cc(N(CC)CC)ccc1C2=c1ccccc1=C(O)N1CCN(C(=O)COCc2cn(C[C@H]3O[C@@H](c4ccc(C(O)=[NH+][C@H]5COC(=O)[C@@H]([N-]C(=O)C6=CC=CC(=O)C6=O)COC(=O)[C@@H]([NH+]=C(O)c6cccc(O)c6O)COC5=O)c(O)c4O)[C@H](O)[C@@H](O)[C@@H]3O)nn2)CC1. The molecular weight excluding hydrogens is 1380 g/mol. The molecule has 1 aromatic heterocycles. The Morgan fingerprint density at radius 2 is 1.25 bits per heavy atom. The van der Waals surface area contributed by atoms with Gasteiger partial charge < -0.3 is 109 Å². The molecule has 6 aromatic rings. The van der Waals surface area contributed by atoms with Gasteiger partial charge in [-0.05, 0) is 93.6 Å². The van der Waals surface area contributed by atoms with Crippen molar-refractivity contribution in [3.8, 4) is 34.5 Å². The smallest absolute Gasteiger partial charge is 0.379 e. The molecule has 5 heterocycles. The first-order valence-electron chi connectivity index (χ1n) is 34.0. The van der Waals surface area contributed by atoms with E-state index in [9.17, 15) is 84.6 Å². The number of hydrogen-bond acceptors (Lipinski definition) is 26. The lowest BCUT2D eigenvalue weighted by Crippen LogP contribution is -2.85. The average molecular weight is 1460 g/mol. The highest BCUT2D eigenvalue weighted by molar-refractivity contribution is 6.54. The van der Waals surface area contributed by atoms with Gasteiger partial charge in [0.1, 0.15) is 65.4 Å². The van der Waals surface area contributed by atoms with E-state index in [-0.39, 0.29) is 50.3 Å². The number of allylic oxidation sites excluding steroid dienone is 3. The Bertz CT molecular complexity index is 4590. The lowest BCUT2D eigenvalue weighted by molar-refractivity contribution is -0.509. The van der Waals surface area contributed by atoms with Crippen LogP contribution in [0.1, 0.15) is 67.3 Å². The molecule has 0 bridgehead atoms. The number of aliphatic hydroxyl groups excluding tert-OH is 6. The largest absolute Gasteiger partial charge is 0.635 e. The number of Topliss-reactive ketones (excluding diaryl/α,β-unsaturated/α-hetero) is 1. The minimum Gasteiger partial charge on any atom is -0.635 e. The van der Waals surface area contributed by atoms with Crippen molar-refractivity contribution >= 4 is 75.9 Å². The summed E-state index contributed by atoms with van der Waals surface area (Å²) in [5, 5.41) is 124. The number of ketones is 2. The van der Waals surface area contributed by atoms with Crippen molar-refractivity contribution in [1.29, 1.82) is 0 Å². The highest BCUT2D eigenvalue weighted by Gasteiger charge is 2.46. The normalized spacial score (nSPS) is 21.9. The molecule has 3 saturated heterocycles. The number of phenolic OH excluding ortho intramolecular Hbond substituents is 4. The number of anilines is 2. The van der Waals surface area contributed by atoms with E-state index in [2.05, 4.69) is 99.5 Å². The van der Waals surface area contributed by atoms with Crippen LogP contribution in [-0.4, -0.2) is 250 Å². The molecule has 33 nitrogen and oxygen atoms in total. The van der Waals surface area contributed by atoms with Crippen LogP contribution < -0.4 is 35.0 Å². The molecule has 11 rings (SSSR count). The third-order valence-electron chi connectivity index (χ3n) is 18.6. The zero-order chi connectivity index (χ0) is 75.8. The number of aliphatic hydroxyl groups is 6. The van der Waals surface area contributed by atoms with Crippen LogP contribution in [0.25, 0.3) is 16.8 Å². The predicted molar refractivity (Wildman–Crippen MR) is 372 cm³/mol. The summed E-state index contributed by atoms with van der Waals surface area (Å²) in [6, 6.07) is 19.5. The second-order valence-corrected chi connectivity index (χ2v) is 25.0. The fourth-order valence-electron chi connectivity index (χ4n) is 12.7. The Balaban J connectivity index is 0.736. The van der Waals surface area contributed by atoms with Crippen molar-refractivity contribution < 1.29 is 123 Å². The lowest BCUT2D eigenvalue weighted by Gasteiger charge is -2.41. The standard InChI is InChI=1S/C73H78N10O23/c1-5-79(6-2)39-19-21-43-54(29-39)105-55-30-40(80(7-3)8-4)20-22-44(55)58(43)41-13-9-10-14-42(41)70(97)82-27-25-81(26-28-82)57(86)37-101-33-38-31-83(78-77-38)32-56-63(91)64(92)65(93)66(106-56)45-23-24-48(62(90)61(45)89)69(96)76-51-36-104-72(99)49(74-67(94)46-15-11-17-52(84)59(46)87)34-102-71(98)50(35-103-73(51)100)75-68(95)47-16-12-18-53(85)60(47)88/h9-24,29-31,49-51,56,63-66,91-93H,5-8,25-28,32-37H2,1-4H3,(H8,74,75,76,77,78,84,85,87,88,89,90,94,95,96,97)/p+1/t49-,50-,51-,56+,63+,64-,65+,66-/m0/s1. The Hall–Kier alpha value is -11.9. The molecule has 0 saturated carbocycles. The van der Waals surface area contributed by atoms with Crippen LogP contribution in [-0.2, 0) is 70.4 Å². The number of benzene rings is 5. The predicted octanol–water partition coefficient (Wildman–Crippen LogP) is -1.89. The summed E-state index contributed by atoms with van der Waals surface area (Å²) in [5.74, 6) is -12.8. The van der Waals surface area contributed by atoms with Gasteiger partial charge in [0.2, 0.25) is 17.5 Å². The van der Waals surface area contributed by atoms with E-state index >= 15 is 0 Å². The average Bonchev–Trinajstić information content (AvgIpc) is 0.859. The lowest BCUT2D eigenvalue weighted by atomic mass is 9.90. The van der Waals surface area contributed by atoms with Gasteiger partial charge >= 0.3 is 23.7 Å². The maximum atomic E-state index is 13.8. The van der Waals surface area contributed by atoms with Gasteiger partial charge in [0.25, 0.3) is 18.1 Å². The molecule has 558 valence electrons. The van der Waals surface area contributed by atoms with Crippen molar-refractivity contribution in [2.75, 3.05) is 88.6 Å². The van der Waals surface area contributed by atoms with Crippen LogP contribution in [0.5, 0.6) is 34.5 Å². The first-order chi connectivity index (χ1) is 50.9. The van der Waals surface area contributed by atoms with E-state index < -0.39 is 161 Å². The number of aromatic hydroxyl groups is 4. The minimum atomic E-state index is -2.11. The van der Waals surface area contributed by atoms with Crippen molar-refractivity contribution in [1.82, 2.24) is 24.8 Å². The number of fused-ring (bicyclic) bond motifs is 2. The Morgan fingerprint density at radius 1 is 0.660 bits per heavy atom. The van der Waals surface area contributed by atoms with E-state index in [0.717, 1.165) is 102 Å². The molecular formula is C73H79N10O23+. The van der Waals surface area contributed by atoms with Gasteiger partial charge in [-0.1, -0.05) is 41.6 Å². The number of ether oxygens (including phenoxy) is 6. The van der Waals surface area contributed by atoms with Gasteiger partial charge in [0.05, 0.1) is 37.4 Å². The maximum absolute atomic E-state index is 13.8. The van der Waals surface area contributed by atoms with E-state index in [1.54, 1.807) is 4.90 Å². The molecule has 3 fully saturated rings. The number of amides is 2. The first-order valence-corrected chi connectivity index (χ1v) is 34.0. The van der Waals surface area contributed by atoms with Crippen molar-refractivity contribution in [2.24, 2.45) is 0 Å². The number of nitrogens with one attached hydrogen (secondary N) is 2. The van der Waals surface area contributed by atoms with Gasteiger partial charge in [0, 0.05) is 109 Å². The minimum absolute atomic E-state index is 0.0567. The summed E-state index contributed by atoms with van der Waals surface area (Å²) in [4.78, 5) is 105.